The number of fused-ring (bicyclic) bond motifs is 2. The molecule has 26 heavy (non-hydrogen) atoms. The second kappa shape index (κ2) is 6.92. The average molecular weight is 352 g/mol. The fraction of sp³-hybridized carbons (Fsp3) is 0.286. The molecule has 1 aliphatic heterocycles. The molecular formula is C21H21FN2O2. The summed E-state index contributed by atoms with van der Waals surface area (Å²) >= 11 is 0. The van der Waals surface area contributed by atoms with Gasteiger partial charge < -0.3 is 15.0 Å². The molecule has 2 aromatic carbocycles. The minimum atomic E-state index is -0.301. The minimum Gasteiger partial charge on any atom is -0.371 e. The fourth-order valence-corrected chi connectivity index (χ4v) is 3.67. The number of carbonyl (C=O) groups is 1. The highest BCUT2D eigenvalue weighted by Gasteiger charge is 2.21. The Morgan fingerprint density at radius 1 is 1.27 bits per heavy atom. The highest BCUT2D eigenvalue weighted by molar-refractivity contribution is 5.90. The highest BCUT2D eigenvalue weighted by Crippen LogP contribution is 2.27. The molecule has 0 saturated heterocycles. The van der Waals surface area contributed by atoms with Crippen LogP contribution in [0.1, 0.15) is 28.5 Å². The molecule has 0 aliphatic carbocycles. The van der Waals surface area contributed by atoms with Gasteiger partial charge in [-0.15, -0.1) is 0 Å². The molecule has 2 heterocycles. The molecule has 4 nitrogen and oxygen atoms in total. The van der Waals surface area contributed by atoms with E-state index in [1.54, 1.807) is 6.07 Å². The first-order valence-corrected chi connectivity index (χ1v) is 8.85. The lowest BCUT2D eigenvalue weighted by Gasteiger charge is -2.26. The van der Waals surface area contributed by atoms with E-state index in [1.807, 2.05) is 25.1 Å². The van der Waals surface area contributed by atoms with Crippen LogP contribution in [0.2, 0.25) is 0 Å². The maximum absolute atomic E-state index is 13.9. The van der Waals surface area contributed by atoms with Crippen LogP contribution in [0, 0.1) is 12.7 Å². The summed E-state index contributed by atoms with van der Waals surface area (Å²) in [4.78, 5) is 15.5. The van der Waals surface area contributed by atoms with Crippen molar-refractivity contribution in [3.05, 3.63) is 70.7 Å². The highest BCUT2D eigenvalue weighted by atomic mass is 19.1. The number of H-pyrrole nitrogens is 1. The number of nitrogens with one attached hydrogen (secondary N) is 2. The van der Waals surface area contributed by atoms with Crippen LogP contribution in [0.25, 0.3) is 10.9 Å². The molecule has 5 heteroatoms. The lowest BCUT2D eigenvalue weighted by Crippen LogP contribution is -2.32. The first kappa shape index (κ1) is 16.8. The van der Waals surface area contributed by atoms with Gasteiger partial charge in [-0.3, -0.25) is 4.79 Å². The number of ether oxygens (including phenoxy) is 1. The zero-order valence-electron chi connectivity index (χ0n) is 14.6. The summed E-state index contributed by atoms with van der Waals surface area (Å²) in [5.41, 5.74) is 4.53. The van der Waals surface area contributed by atoms with Gasteiger partial charge in [-0.25, -0.2) is 4.39 Å². The van der Waals surface area contributed by atoms with Gasteiger partial charge in [-0.05, 0) is 36.1 Å². The normalized spacial score (nSPS) is 16.5. The quantitative estimate of drug-likeness (QED) is 0.754. The third-order valence-corrected chi connectivity index (χ3v) is 5.02. The van der Waals surface area contributed by atoms with Gasteiger partial charge >= 0.3 is 0 Å². The number of aryl methyl sites for hydroxylation is 1. The van der Waals surface area contributed by atoms with Crippen LogP contribution in [0.15, 0.2) is 42.5 Å². The second-order valence-electron chi connectivity index (χ2n) is 6.68. The smallest absolute Gasteiger partial charge is 0.224 e. The third-order valence-electron chi connectivity index (χ3n) is 5.02. The first-order chi connectivity index (χ1) is 12.6. The SMILES string of the molecule is Cc1[nH]c2c(F)cccc2c1CC(=O)NCC1OCCc2ccccc21. The van der Waals surface area contributed by atoms with Crippen molar-refractivity contribution in [3.8, 4) is 0 Å². The van der Waals surface area contributed by atoms with E-state index in [9.17, 15) is 9.18 Å². The Labute approximate surface area is 151 Å². The number of hydrogen-bond donors (Lipinski definition) is 2. The van der Waals surface area contributed by atoms with Crippen molar-refractivity contribution >= 4 is 16.8 Å². The summed E-state index contributed by atoms with van der Waals surface area (Å²) in [5.74, 6) is -0.394. The Balaban J connectivity index is 1.46. The molecule has 1 unspecified atom stereocenters. The molecule has 0 bridgehead atoms. The molecule has 2 N–H and O–H groups in total. The van der Waals surface area contributed by atoms with Crippen molar-refractivity contribution in [2.45, 2.75) is 25.9 Å². The molecule has 3 aromatic rings. The summed E-state index contributed by atoms with van der Waals surface area (Å²) in [6.45, 7) is 2.96. The standard InChI is InChI=1S/C21H21FN2O2/c1-13-17(16-7-4-8-18(22)21(16)24-13)11-20(25)23-12-19-15-6-3-2-5-14(15)9-10-26-19/h2-8,19,24H,9-12H2,1H3,(H,23,25). The van der Waals surface area contributed by atoms with Gasteiger partial charge in [0.2, 0.25) is 5.91 Å². The molecule has 134 valence electrons. The number of benzene rings is 2. The number of rotatable bonds is 4. The van der Waals surface area contributed by atoms with Crippen LogP contribution in [-0.2, 0) is 22.4 Å². The van der Waals surface area contributed by atoms with Gasteiger partial charge in [-0.2, -0.15) is 0 Å². The van der Waals surface area contributed by atoms with E-state index >= 15 is 0 Å². The van der Waals surface area contributed by atoms with E-state index in [1.165, 1.54) is 11.6 Å². The van der Waals surface area contributed by atoms with Crippen LogP contribution in [0.3, 0.4) is 0 Å². The van der Waals surface area contributed by atoms with Crippen molar-refractivity contribution in [3.63, 3.8) is 0 Å². The maximum Gasteiger partial charge on any atom is 0.224 e. The van der Waals surface area contributed by atoms with Crippen LogP contribution in [0.4, 0.5) is 4.39 Å². The maximum atomic E-state index is 13.9. The first-order valence-electron chi connectivity index (χ1n) is 8.85. The van der Waals surface area contributed by atoms with Crippen LogP contribution >= 0.6 is 0 Å². The minimum absolute atomic E-state index is 0.0927. The average Bonchev–Trinajstić information content (AvgIpc) is 2.97. The number of aromatic nitrogens is 1. The Bertz CT molecular complexity index is 964. The number of aromatic amines is 1. The molecular weight excluding hydrogens is 331 g/mol. The van der Waals surface area contributed by atoms with Crippen LogP contribution < -0.4 is 5.32 Å². The lowest BCUT2D eigenvalue weighted by atomic mass is 9.97. The van der Waals surface area contributed by atoms with Gasteiger partial charge in [0, 0.05) is 17.6 Å². The summed E-state index contributed by atoms with van der Waals surface area (Å²) in [7, 11) is 0. The van der Waals surface area contributed by atoms with Gasteiger partial charge in [0.1, 0.15) is 11.9 Å². The van der Waals surface area contributed by atoms with E-state index in [4.69, 9.17) is 4.74 Å². The van der Waals surface area contributed by atoms with E-state index < -0.39 is 0 Å². The number of para-hydroxylation sites is 1. The molecule has 1 aliphatic rings. The van der Waals surface area contributed by atoms with Crippen LogP contribution in [-0.4, -0.2) is 24.0 Å². The molecule has 4 rings (SSSR count). The fourth-order valence-electron chi connectivity index (χ4n) is 3.67. The van der Waals surface area contributed by atoms with Crippen molar-refractivity contribution in [1.29, 1.82) is 0 Å². The van der Waals surface area contributed by atoms with Crippen molar-refractivity contribution in [2.75, 3.05) is 13.2 Å². The molecule has 1 aromatic heterocycles. The predicted molar refractivity (Wildman–Crippen MR) is 98.5 cm³/mol. The molecule has 0 saturated carbocycles. The summed E-state index contributed by atoms with van der Waals surface area (Å²) in [5, 5.41) is 3.73. The molecule has 0 spiro atoms. The summed E-state index contributed by atoms with van der Waals surface area (Å²) in [6, 6.07) is 13.1. The zero-order valence-corrected chi connectivity index (χ0v) is 14.6. The number of hydrogen-bond acceptors (Lipinski definition) is 2. The van der Waals surface area contributed by atoms with Gasteiger partial charge in [0.15, 0.2) is 0 Å². The zero-order chi connectivity index (χ0) is 18.1. The summed E-state index contributed by atoms with van der Waals surface area (Å²) < 4.78 is 19.7. The van der Waals surface area contributed by atoms with Gasteiger partial charge in [0.25, 0.3) is 0 Å². The Kier molecular flexibility index (Phi) is 4.47. The third kappa shape index (κ3) is 3.10. The lowest BCUT2D eigenvalue weighted by molar-refractivity contribution is -0.121. The van der Waals surface area contributed by atoms with Crippen molar-refractivity contribution in [2.24, 2.45) is 0 Å². The van der Waals surface area contributed by atoms with Crippen LogP contribution in [0.5, 0.6) is 0 Å². The van der Waals surface area contributed by atoms with Crippen molar-refractivity contribution < 1.29 is 13.9 Å². The molecule has 0 fully saturated rings. The monoisotopic (exact) mass is 352 g/mol. The van der Waals surface area contributed by atoms with Gasteiger partial charge in [0.05, 0.1) is 18.5 Å². The van der Waals surface area contributed by atoms with E-state index in [0.29, 0.717) is 18.7 Å². The number of amides is 1. The second-order valence-corrected chi connectivity index (χ2v) is 6.68. The Morgan fingerprint density at radius 2 is 2.12 bits per heavy atom. The van der Waals surface area contributed by atoms with E-state index in [-0.39, 0.29) is 24.2 Å². The van der Waals surface area contributed by atoms with E-state index in [0.717, 1.165) is 28.6 Å². The topological polar surface area (TPSA) is 54.1 Å². The van der Waals surface area contributed by atoms with Gasteiger partial charge in [-0.1, -0.05) is 36.4 Å². The Morgan fingerprint density at radius 3 is 3.00 bits per heavy atom. The van der Waals surface area contributed by atoms with E-state index in [2.05, 4.69) is 22.4 Å². The van der Waals surface area contributed by atoms with Crippen molar-refractivity contribution in [1.82, 2.24) is 10.3 Å². The summed E-state index contributed by atoms with van der Waals surface area (Å²) in [6.07, 6.45) is 0.995. The predicted octanol–water partition coefficient (Wildman–Crippen LogP) is 3.59. The number of halogens is 1. The molecule has 1 amide bonds. The molecule has 0 radical (unpaired) electrons. The largest absolute Gasteiger partial charge is 0.371 e. The number of carbonyl (C=O) groups excluding carboxylic acids is 1. The Hall–Kier alpha value is -2.66. The molecule has 1 atom stereocenters.